The number of rotatable bonds is 17. The molecular formula is C141H95N3O3. The van der Waals surface area contributed by atoms with Gasteiger partial charge in [0.2, 0.25) is 0 Å². The Morgan fingerprint density at radius 2 is 0.374 bits per heavy atom. The molecule has 0 fully saturated rings. The highest BCUT2D eigenvalue weighted by atomic mass is 16.3. The Labute approximate surface area is 853 Å². The summed E-state index contributed by atoms with van der Waals surface area (Å²) in [6, 6.07) is 207. The second kappa shape index (κ2) is 36.4. The van der Waals surface area contributed by atoms with E-state index in [1.165, 1.54) is 122 Å². The van der Waals surface area contributed by atoms with E-state index in [9.17, 15) is 0 Å². The van der Waals surface area contributed by atoms with Gasteiger partial charge in [0.1, 0.15) is 22.3 Å². The van der Waals surface area contributed by atoms with Gasteiger partial charge < -0.3 is 28.0 Å². The predicted octanol–water partition coefficient (Wildman–Crippen LogP) is 37.6. The number of furan rings is 3. The minimum absolute atomic E-state index is 0.468. The fraction of sp³-hybridized carbons (Fsp3) is 0.0213. The molecule has 0 radical (unpaired) electrons. The first-order valence-electron chi connectivity index (χ1n) is 50.5. The molecule has 0 spiro atoms. The lowest BCUT2D eigenvalue weighted by Gasteiger charge is -2.33. The zero-order valence-corrected chi connectivity index (χ0v) is 80.4. The molecule has 0 saturated heterocycles. The van der Waals surface area contributed by atoms with Gasteiger partial charge in [0.05, 0.1) is 33.3 Å². The van der Waals surface area contributed by atoms with Gasteiger partial charge in [0, 0.05) is 78.1 Å². The van der Waals surface area contributed by atoms with Gasteiger partial charge in [-0.1, -0.05) is 461 Å². The summed E-state index contributed by atoms with van der Waals surface area (Å²) in [4.78, 5) is 6.91. The van der Waals surface area contributed by atoms with Crippen LogP contribution in [-0.2, 0) is 16.2 Å². The minimum Gasteiger partial charge on any atom is -0.456 e. The summed E-state index contributed by atoms with van der Waals surface area (Å²) in [6.45, 7) is 0. The topological polar surface area (TPSA) is 49.1 Å². The van der Waals surface area contributed by atoms with E-state index in [1.54, 1.807) is 0 Å². The maximum Gasteiger partial charge on any atom is 0.159 e. The molecule has 26 aromatic rings. The van der Waals surface area contributed by atoms with Crippen LogP contribution in [0.25, 0.3) is 121 Å². The second-order valence-electron chi connectivity index (χ2n) is 38.2. The van der Waals surface area contributed by atoms with Gasteiger partial charge in [-0.15, -0.1) is 0 Å². The van der Waals surface area contributed by atoms with E-state index < -0.39 is 16.2 Å². The summed E-state index contributed by atoms with van der Waals surface area (Å²) in [5.41, 5.74) is 40.9. The standard InChI is InChI=1S/2C49H33NO.C43H29NO/c1-4-16-34(17-5-1)39-22-12-15-27-46(39)50(37-20-8-3-9-21-37)38-29-31-43-42-30-28-36(32-47(42)51-48(43)33-38)49(35-18-6-2-7-19-35)44-25-13-10-23-40(44)41-24-11-14-26-45(41)49;1-4-15-34(16-5-1)35-27-30-39(31-28-35)50(38-19-8-3-9-20-38)46-26-14-23-43-42-32-29-37(33-47(42)51-48(43)46)49(36-17-6-2-7-18-36)44-24-12-10-21-40(44)41-22-11-13-25-45(41)49;1-4-15-30(16-5-1)43(38-24-12-10-21-34(38)35-22-11-13-25-39(35)43)31-27-28-36-37-23-14-26-40(42(37)45-41(36)29-31)44(32-17-6-2-7-18-32)33-19-8-3-9-20-33/h2*1-33H;1-29H. The van der Waals surface area contributed by atoms with Gasteiger partial charge in [-0.25, -0.2) is 0 Å². The highest BCUT2D eigenvalue weighted by Gasteiger charge is 2.50. The fourth-order valence-corrected chi connectivity index (χ4v) is 24.2. The van der Waals surface area contributed by atoms with Crippen molar-refractivity contribution in [1.29, 1.82) is 0 Å². The van der Waals surface area contributed by atoms with E-state index in [1.807, 2.05) is 0 Å². The van der Waals surface area contributed by atoms with Crippen LogP contribution in [-0.4, -0.2) is 0 Å². The summed E-state index contributed by atoms with van der Waals surface area (Å²) in [6.07, 6.45) is 0. The Morgan fingerprint density at radius 1 is 0.136 bits per heavy atom. The monoisotopic (exact) mass is 1880 g/mol. The van der Waals surface area contributed by atoms with Crippen LogP contribution in [0.2, 0.25) is 0 Å². The third-order valence-electron chi connectivity index (χ3n) is 30.4. The number of nitrogens with zero attached hydrogens (tertiary/aromatic N) is 3. The smallest absolute Gasteiger partial charge is 0.159 e. The summed E-state index contributed by atoms with van der Waals surface area (Å²) in [5.74, 6) is 0. The third kappa shape index (κ3) is 14.3. The molecule has 3 aromatic heterocycles. The van der Waals surface area contributed by atoms with Crippen LogP contribution in [0.15, 0.2) is 590 Å². The summed E-state index contributed by atoms with van der Waals surface area (Å²) >= 11 is 0. The third-order valence-corrected chi connectivity index (χ3v) is 30.4. The van der Waals surface area contributed by atoms with Gasteiger partial charge >= 0.3 is 0 Å². The van der Waals surface area contributed by atoms with Crippen molar-refractivity contribution in [2.45, 2.75) is 16.2 Å². The van der Waals surface area contributed by atoms with E-state index in [2.05, 4.69) is 591 Å². The van der Waals surface area contributed by atoms with E-state index in [0.29, 0.717) is 0 Å². The summed E-state index contributed by atoms with van der Waals surface area (Å²) < 4.78 is 20.8. The first kappa shape index (κ1) is 86.9. The van der Waals surface area contributed by atoms with E-state index in [4.69, 9.17) is 13.3 Å². The number of hydrogen-bond donors (Lipinski definition) is 0. The van der Waals surface area contributed by atoms with Crippen molar-refractivity contribution < 1.29 is 13.3 Å². The van der Waals surface area contributed by atoms with Crippen molar-refractivity contribution in [1.82, 2.24) is 0 Å². The van der Waals surface area contributed by atoms with E-state index >= 15 is 0 Å². The highest BCUT2D eigenvalue weighted by Crippen LogP contribution is 2.62. The average molecular weight is 1880 g/mol. The number of anilines is 9. The summed E-state index contributed by atoms with van der Waals surface area (Å²) in [7, 11) is 0. The molecule has 3 heterocycles. The second-order valence-corrected chi connectivity index (χ2v) is 38.2. The number of fused-ring (bicyclic) bond motifs is 18. The van der Waals surface area contributed by atoms with Crippen LogP contribution in [0.3, 0.4) is 0 Å². The Morgan fingerprint density at radius 3 is 0.721 bits per heavy atom. The van der Waals surface area contributed by atoms with Crippen molar-refractivity contribution in [3.63, 3.8) is 0 Å². The number of para-hydroxylation sites is 7. The van der Waals surface area contributed by atoms with Crippen molar-refractivity contribution in [3.05, 3.63) is 643 Å². The first-order valence-corrected chi connectivity index (χ1v) is 50.5. The van der Waals surface area contributed by atoms with Crippen molar-refractivity contribution in [2.24, 2.45) is 0 Å². The van der Waals surface area contributed by atoms with Crippen molar-refractivity contribution in [3.8, 4) is 55.6 Å². The maximum atomic E-state index is 7.02. The predicted molar refractivity (Wildman–Crippen MR) is 608 cm³/mol. The van der Waals surface area contributed by atoms with Gasteiger partial charge in [-0.3, -0.25) is 0 Å². The Kier molecular flexibility index (Phi) is 21.5. The molecule has 0 N–H and O–H groups in total. The van der Waals surface area contributed by atoms with Crippen LogP contribution >= 0.6 is 0 Å². The lowest BCUT2D eigenvalue weighted by molar-refractivity contribution is 0.665. The molecule has 3 aliphatic rings. The average Bonchev–Trinajstić information content (AvgIpc) is 1.54. The SMILES string of the molecule is c1ccc(-c2ccc(N(c3ccccc3)c3cccc4c3oc3cc(C5(c6ccccc6)c6ccccc6-c6ccccc65)ccc34)cc2)cc1.c1ccc(-c2ccccc2N(c2ccccc2)c2ccc3c(c2)oc2cc(C4(c5ccccc5)c5ccccc5-c5ccccc54)ccc23)cc1.c1ccc(N(c2ccccc2)c2cccc3c2oc2cc(C4(c5ccccc5)c5ccccc5-c5ccccc54)ccc23)cc1. The van der Waals surface area contributed by atoms with Crippen molar-refractivity contribution >= 4 is 117 Å². The molecule has 29 rings (SSSR count). The summed E-state index contributed by atoms with van der Waals surface area (Å²) in [5, 5.41) is 6.62. The molecule has 0 unspecified atom stereocenters. The first-order chi connectivity index (χ1) is 72.9. The van der Waals surface area contributed by atoms with Crippen LogP contribution < -0.4 is 14.7 Å². The van der Waals surface area contributed by atoms with Crippen LogP contribution in [0.1, 0.15) is 66.8 Å². The Balaban J connectivity index is 0.000000109. The van der Waals surface area contributed by atoms with Gasteiger partial charge in [0.15, 0.2) is 11.2 Å². The largest absolute Gasteiger partial charge is 0.456 e. The lowest BCUT2D eigenvalue weighted by atomic mass is 9.67. The molecule has 3 aliphatic carbocycles. The minimum atomic E-state index is -0.485. The molecule has 0 saturated carbocycles. The molecule has 147 heavy (non-hydrogen) atoms. The molecule has 23 aromatic carbocycles. The number of hydrogen-bond acceptors (Lipinski definition) is 6. The van der Waals surface area contributed by atoms with E-state index in [0.717, 1.165) is 117 Å². The van der Waals surface area contributed by atoms with Crippen molar-refractivity contribution in [2.75, 3.05) is 14.7 Å². The highest BCUT2D eigenvalue weighted by molar-refractivity contribution is 6.13. The molecule has 6 nitrogen and oxygen atoms in total. The van der Waals surface area contributed by atoms with Crippen LogP contribution in [0.4, 0.5) is 51.2 Å². The molecular weight excluding hydrogens is 1780 g/mol. The Bertz CT molecular complexity index is 9240. The quantitative estimate of drug-likeness (QED) is 0.0905. The molecule has 0 bridgehead atoms. The molecule has 0 amide bonds. The van der Waals surface area contributed by atoms with Crippen LogP contribution in [0.5, 0.6) is 0 Å². The zero-order valence-electron chi connectivity index (χ0n) is 80.4. The zero-order chi connectivity index (χ0) is 97.4. The van der Waals surface area contributed by atoms with Gasteiger partial charge in [0.25, 0.3) is 0 Å². The molecule has 692 valence electrons. The molecule has 0 aliphatic heterocycles. The Hall–Kier alpha value is -19.1. The van der Waals surface area contributed by atoms with Gasteiger partial charge in [-0.05, 0) is 226 Å². The van der Waals surface area contributed by atoms with Crippen LogP contribution in [0, 0.1) is 0 Å². The van der Waals surface area contributed by atoms with E-state index in [-0.39, 0.29) is 0 Å². The lowest BCUT2D eigenvalue weighted by Crippen LogP contribution is -2.28. The fourth-order valence-electron chi connectivity index (χ4n) is 24.2. The molecule has 0 atom stereocenters. The number of benzene rings is 23. The molecule has 6 heteroatoms. The maximum absolute atomic E-state index is 7.02. The normalized spacial score (nSPS) is 12.9. The van der Waals surface area contributed by atoms with Gasteiger partial charge in [-0.2, -0.15) is 0 Å².